The van der Waals surface area contributed by atoms with Crippen LogP contribution in [0.3, 0.4) is 0 Å². The molecule has 0 atom stereocenters. The van der Waals surface area contributed by atoms with E-state index < -0.39 is 19.9 Å². The fraction of sp³-hybridized carbons (Fsp3) is 0.237. The lowest BCUT2D eigenvalue weighted by molar-refractivity contribution is 0.275. The third-order valence-electron chi connectivity index (χ3n) is 8.96. The second-order valence-corrected chi connectivity index (χ2v) is 16.6. The number of benzene rings is 4. The first-order valence-corrected chi connectivity index (χ1v) is 19.2. The standard InChI is InChI=1S/C38H40N4O4S2/c1-27(2)41(3)22-11-23-48(45,46)42(4)31-19-17-29(18-20-31)34-25-39-38-37(36(34)30-12-7-5-8-13-30)33-24-28(16-21-35(33)40-38)26-47(43,44)32-14-9-6-10-15-32/h5-10,12-21,24-25,27H,11,22-23,26H2,1-4H3,(H,39,40). The lowest BCUT2D eigenvalue weighted by atomic mass is 9.92. The molecule has 0 bridgehead atoms. The highest BCUT2D eigenvalue weighted by Crippen LogP contribution is 2.41. The minimum absolute atomic E-state index is 0.0657. The molecule has 2 aromatic heterocycles. The van der Waals surface area contributed by atoms with Gasteiger partial charge in [0.25, 0.3) is 0 Å². The number of aromatic amines is 1. The summed E-state index contributed by atoms with van der Waals surface area (Å²) >= 11 is 0. The zero-order chi connectivity index (χ0) is 34.1. The molecule has 6 aromatic rings. The summed E-state index contributed by atoms with van der Waals surface area (Å²) in [6, 6.07) is 32.1. The molecule has 48 heavy (non-hydrogen) atoms. The Balaban J connectivity index is 1.39. The first kappa shape index (κ1) is 33.4. The monoisotopic (exact) mass is 680 g/mol. The molecule has 0 aliphatic heterocycles. The maximum absolute atomic E-state index is 13.2. The van der Waals surface area contributed by atoms with Gasteiger partial charge in [-0.2, -0.15) is 0 Å². The number of hydrogen-bond donors (Lipinski definition) is 1. The Morgan fingerprint density at radius 1 is 0.792 bits per heavy atom. The normalized spacial score (nSPS) is 12.4. The quantitative estimate of drug-likeness (QED) is 0.143. The lowest BCUT2D eigenvalue weighted by Gasteiger charge is -2.23. The summed E-state index contributed by atoms with van der Waals surface area (Å²) < 4.78 is 54.2. The van der Waals surface area contributed by atoms with Crippen LogP contribution in [0.2, 0.25) is 0 Å². The Morgan fingerprint density at radius 2 is 1.46 bits per heavy atom. The largest absolute Gasteiger partial charge is 0.339 e. The van der Waals surface area contributed by atoms with Gasteiger partial charge in [-0.15, -0.1) is 0 Å². The zero-order valence-electron chi connectivity index (χ0n) is 27.6. The van der Waals surface area contributed by atoms with E-state index >= 15 is 0 Å². The zero-order valence-corrected chi connectivity index (χ0v) is 29.2. The van der Waals surface area contributed by atoms with Crippen molar-refractivity contribution in [2.24, 2.45) is 0 Å². The van der Waals surface area contributed by atoms with Crippen molar-refractivity contribution in [1.29, 1.82) is 0 Å². The number of aromatic nitrogens is 2. The van der Waals surface area contributed by atoms with Gasteiger partial charge in [0.15, 0.2) is 9.84 Å². The second-order valence-electron chi connectivity index (χ2n) is 12.5. The average Bonchev–Trinajstić information content (AvgIpc) is 3.46. The van der Waals surface area contributed by atoms with Crippen molar-refractivity contribution in [3.05, 3.63) is 115 Å². The lowest BCUT2D eigenvalue weighted by Crippen LogP contribution is -2.32. The minimum Gasteiger partial charge on any atom is -0.339 e. The van der Waals surface area contributed by atoms with Crippen LogP contribution in [0, 0.1) is 0 Å². The minimum atomic E-state index is -3.54. The van der Waals surface area contributed by atoms with E-state index in [1.807, 2.05) is 86.0 Å². The fourth-order valence-electron chi connectivity index (χ4n) is 5.95. The van der Waals surface area contributed by atoms with Crippen molar-refractivity contribution < 1.29 is 16.8 Å². The molecule has 10 heteroatoms. The van der Waals surface area contributed by atoms with Gasteiger partial charge in [-0.3, -0.25) is 4.31 Å². The summed E-state index contributed by atoms with van der Waals surface area (Å²) in [5, 5.41) is 1.77. The molecule has 0 amide bonds. The maximum atomic E-state index is 13.2. The summed E-state index contributed by atoms with van der Waals surface area (Å²) in [7, 11) is -3.44. The molecule has 248 valence electrons. The van der Waals surface area contributed by atoms with Crippen LogP contribution in [0.1, 0.15) is 25.8 Å². The summed E-state index contributed by atoms with van der Waals surface area (Å²) in [6.45, 7) is 4.89. The van der Waals surface area contributed by atoms with E-state index in [-0.39, 0.29) is 11.5 Å². The van der Waals surface area contributed by atoms with Gasteiger partial charge in [0, 0.05) is 46.7 Å². The van der Waals surface area contributed by atoms with E-state index in [1.165, 1.54) is 4.31 Å². The average molecular weight is 681 g/mol. The van der Waals surface area contributed by atoms with Crippen LogP contribution in [-0.4, -0.2) is 64.1 Å². The summed E-state index contributed by atoms with van der Waals surface area (Å²) in [5.41, 5.74) is 6.52. The molecule has 6 rings (SSSR count). The highest BCUT2D eigenvalue weighted by atomic mass is 32.2. The topological polar surface area (TPSA) is 103 Å². The molecule has 4 aromatic carbocycles. The van der Waals surface area contributed by atoms with Crippen molar-refractivity contribution in [1.82, 2.24) is 14.9 Å². The number of rotatable bonds is 12. The van der Waals surface area contributed by atoms with Crippen molar-refractivity contribution in [3.63, 3.8) is 0 Å². The van der Waals surface area contributed by atoms with Gasteiger partial charge in [-0.1, -0.05) is 66.7 Å². The maximum Gasteiger partial charge on any atom is 0.234 e. The smallest absolute Gasteiger partial charge is 0.234 e. The number of nitrogens with zero attached hydrogens (tertiary/aromatic N) is 3. The first-order chi connectivity index (χ1) is 22.9. The summed E-state index contributed by atoms with van der Waals surface area (Å²) in [4.78, 5) is 10.7. The van der Waals surface area contributed by atoms with Crippen LogP contribution < -0.4 is 4.31 Å². The Hall–Kier alpha value is -4.51. The molecular formula is C38H40N4O4S2. The van der Waals surface area contributed by atoms with Crippen LogP contribution in [0.5, 0.6) is 0 Å². The molecule has 0 fully saturated rings. The van der Waals surface area contributed by atoms with Crippen LogP contribution in [-0.2, 0) is 25.6 Å². The van der Waals surface area contributed by atoms with E-state index in [9.17, 15) is 16.8 Å². The molecule has 1 N–H and O–H groups in total. The van der Waals surface area contributed by atoms with E-state index in [4.69, 9.17) is 4.98 Å². The molecule has 2 heterocycles. The van der Waals surface area contributed by atoms with Crippen molar-refractivity contribution >= 4 is 47.5 Å². The molecule has 0 aliphatic rings. The van der Waals surface area contributed by atoms with Crippen LogP contribution in [0.25, 0.3) is 44.2 Å². The number of anilines is 1. The highest BCUT2D eigenvalue weighted by Gasteiger charge is 2.22. The summed E-state index contributed by atoms with van der Waals surface area (Å²) in [5.74, 6) is -0.0595. The van der Waals surface area contributed by atoms with Gasteiger partial charge in [-0.05, 0) is 86.9 Å². The van der Waals surface area contributed by atoms with Crippen molar-refractivity contribution in [2.75, 3.05) is 30.7 Å². The SMILES string of the molecule is CC(C)N(C)CCCS(=O)(=O)N(C)c1ccc(-c2cnc3[nH]c4ccc(CS(=O)(=O)c5ccccc5)cc4c3c2-c2ccccc2)cc1. The van der Waals surface area contributed by atoms with E-state index in [0.717, 1.165) is 38.5 Å². The highest BCUT2D eigenvalue weighted by molar-refractivity contribution is 7.92. The van der Waals surface area contributed by atoms with Gasteiger partial charge >= 0.3 is 0 Å². The molecule has 0 saturated carbocycles. The van der Waals surface area contributed by atoms with Crippen molar-refractivity contribution in [3.8, 4) is 22.3 Å². The Morgan fingerprint density at radius 3 is 2.12 bits per heavy atom. The van der Waals surface area contributed by atoms with Crippen LogP contribution in [0.15, 0.2) is 114 Å². The van der Waals surface area contributed by atoms with E-state index in [2.05, 4.69) is 23.7 Å². The third kappa shape index (κ3) is 6.87. The third-order valence-corrected chi connectivity index (χ3v) is 12.5. The van der Waals surface area contributed by atoms with Crippen LogP contribution in [0.4, 0.5) is 5.69 Å². The number of sulfonamides is 1. The molecule has 0 radical (unpaired) electrons. The second kappa shape index (κ2) is 13.5. The number of H-pyrrole nitrogens is 1. The van der Waals surface area contributed by atoms with Crippen molar-refractivity contribution in [2.45, 2.75) is 37.0 Å². The first-order valence-electron chi connectivity index (χ1n) is 16.0. The molecule has 0 saturated heterocycles. The van der Waals surface area contributed by atoms with E-state index in [1.54, 1.807) is 37.4 Å². The van der Waals surface area contributed by atoms with E-state index in [0.29, 0.717) is 40.8 Å². The predicted molar refractivity (Wildman–Crippen MR) is 196 cm³/mol. The predicted octanol–water partition coefficient (Wildman–Crippen LogP) is 7.52. The van der Waals surface area contributed by atoms with Gasteiger partial charge in [0.1, 0.15) is 5.65 Å². The van der Waals surface area contributed by atoms with Gasteiger partial charge in [0.2, 0.25) is 10.0 Å². The van der Waals surface area contributed by atoms with Gasteiger partial charge in [-0.25, -0.2) is 21.8 Å². The number of hydrogen-bond acceptors (Lipinski definition) is 6. The molecule has 0 spiro atoms. The number of fused-ring (bicyclic) bond motifs is 3. The summed E-state index contributed by atoms with van der Waals surface area (Å²) in [6.07, 6.45) is 2.39. The number of pyridine rings is 1. The van der Waals surface area contributed by atoms with Crippen LogP contribution >= 0.6 is 0 Å². The number of nitrogens with one attached hydrogen (secondary N) is 1. The van der Waals surface area contributed by atoms with Gasteiger partial charge < -0.3 is 9.88 Å². The Labute approximate surface area is 283 Å². The Bertz CT molecular complexity index is 2270. The van der Waals surface area contributed by atoms with Gasteiger partial charge in [0.05, 0.1) is 22.1 Å². The molecular weight excluding hydrogens is 641 g/mol. The molecule has 8 nitrogen and oxygen atoms in total. The fourth-order valence-corrected chi connectivity index (χ4v) is 8.52. The number of sulfone groups is 1. The Kier molecular flexibility index (Phi) is 9.42. The molecule has 0 unspecified atom stereocenters. The molecule has 0 aliphatic carbocycles.